The van der Waals surface area contributed by atoms with Gasteiger partial charge in [0.2, 0.25) is 15.9 Å². The van der Waals surface area contributed by atoms with Crippen LogP contribution in [0.25, 0.3) is 10.9 Å². The summed E-state index contributed by atoms with van der Waals surface area (Å²) in [6.45, 7) is 5.35. The quantitative estimate of drug-likeness (QED) is 0.612. The Labute approximate surface area is 183 Å². The molecule has 1 aromatic heterocycles. The van der Waals surface area contributed by atoms with E-state index in [1.165, 1.54) is 4.31 Å². The Hall–Kier alpha value is -2.77. The number of aromatic nitrogens is 1. The van der Waals surface area contributed by atoms with Crippen molar-refractivity contribution in [2.24, 2.45) is 0 Å². The standard InChI is InChI=1S/C24H27N3O3S/c1-18-15-21-9-6-10-22(24(21)25-17-18)31(29,30)27-13-11-26(12-14-27)23(28)16-19(2)20-7-4-3-5-8-20/h3-10,15,17,19H,11-14,16H2,1-2H3. The van der Waals surface area contributed by atoms with E-state index >= 15 is 0 Å². The molecule has 2 heterocycles. The first-order valence-corrected chi connectivity index (χ1v) is 12.0. The van der Waals surface area contributed by atoms with Gasteiger partial charge in [-0.3, -0.25) is 9.78 Å². The van der Waals surface area contributed by atoms with Gasteiger partial charge in [0.05, 0.1) is 5.52 Å². The van der Waals surface area contributed by atoms with Crippen molar-refractivity contribution >= 4 is 26.8 Å². The lowest BCUT2D eigenvalue weighted by atomic mass is 9.97. The largest absolute Gasteiger partial charge is 0.340 e. The number of amides is 1. The van der Waals surface area contributed by atoms with Gasteiger partial charge < -0.3 is 4.90 Å². The second kappa shape index (κ2) is 8.77. The summed E-state index contributed by atoms with van der Waals surface area (Å²) in [5.41, 5.74) is 2.61. The van der Waals surface area contributed by atoms with Crippen LogP contribution < -0.4 is 0 Å². The number of piperazine rings is 1. The third-order valence-electron chi connectivity index (χ3n) is 5.87. The van der Waals surface area contributed by atoms with E-state index in [1.54, 1.807) is 23.2 Å². The van der Waals surface area contributed by atoms with E-state index in [2.05, 4.69) is 4.98 Å². The summed E-state index contributed by atoms with van der Waals surface area (Å²) in [4.78, 5) is 19.1. The minimum atomic E-state index is -3.68. The van der Waals surface area contributed by atoms with E-state index < -0.39 is 10.0 Å². The van der Waals surface area contributed by atoms with Crippen LogP contribution in [0.1, 0.15) is 30.4 Å². The van der Waals surface area contributed by atoms with Gasteiger partial charge in [0, 0.05) is 44.2 Å². The van der Waals surface area contributed by atoms with Crippen molar-refractivity contribution in [3.8, 4) is 0 Å². The molecular formula is C24H27N3O3S. The fraction of sp³-hybridized carbons (Fsp3) is 0.333. The van der Waals surface area contributed by atoms with Gasteiger partial charge in [-0.05, 0) is 36.1 Å². The number of carbonyl (C=O) groups excluding carboxylic acids is 1. The highest BCUT2D eigenvalue weighted by molar-refractivity contribution is 7.89. The van der Waals surface area contributed by atoms with Crippen LogP contribution in [-0.2, 0) is 14.8 Å². The topological polar surface area (TPSA) is 70.6 Å². The zero-order valence-electron chi connectivity index (χ0n) is 17.9. The molecule has 6 nitrogen and oxygen atoms in total. The van der Waals surface area contributed by atoms with Crippen LogP contribution in [0.15, 0.2) is 65.7 Å². The van der Waals surface area contributed by atoms with E-state index in [0.717, 1.165) is 16.5 Å². The molecule has 0 saturated carbocycles. The minimum Gasteiger partial charge on any atom is -0.340 e. The van der Waals surface area contributed by atoms with Gasteiger partial charge in [0.1, 0.15) is 4.90 Å². The normalized spacial score (nSPS) is 16.4. The molecule has 1 amide bonds. The van der Waals surface area contributed by atoms with Crippen molar-refractivity contribution in [2.45, 2.75) is 31.1 Å². The Kier molecular flexibility index (Phi) is 6.07. The van der Waals surface area contributed by atoms with E-state index in [4.69, 9.17) is 0 Å². The van der Waals surface area contributed by atoms with Crippen molar-refractivity contribution in [3.05, 3.63) is 71.9 Å². The number of pyridine rings is 1. The van der Waals surface area contributed by atoms with E-state index in [-0.39, 0.29) is 29.8 Å². The number of sulfonamides is 1. The predicted octanol–water partition coefficient (Wildman–Crippen LogP) is 3.57. The van der Waals surface area contributed by atoms with Crippen LogP contribution in [0.4, 0.5) is 0 Å². The van der Waals surface area contributed by atoms with E-state index in [1.807, 2.05) is 56.3 Å². The molecular weight excluding hydrogens is 410 g/mol. The molecule has 4 rings (SSSR count). The number of rotatable bonds is 5. The highest BCUT2D eigenvalue weighted by atomic mass is 32.2. The Morgan fingerprint density at radius 2 is 1.74 bits per heavy atom. The molecule has 3 aromatic rings. The number of aryl methyl sites for hydroxylation is 1. The molecule has 162 valence electrons. The molecule has 2 aromatic carbocycles. The number of hydrogen-bond donors (Lipinski definition) is 0. The number of benzene rings is 2. The SMILES string of the molecule is Cc1cnc2c(S(=O)(=O)N3CCN(C(=O)CC(C)c4ccccc4)CC3)cccc2c1. The van der Waals surface area contributed by atoms with Gasteiger partial charge in [0.15, 0.2) is 0 Å². The Balaban J connectivity index is 1.44. The van der Waals surface area contributed by atoms with Gasteiger partial charge >= 0.3 is 0 Å². The number of para-hydroxylation sites is 1. The van der Waals surface area contributed by atoms with Crippen LogP contribution in [0.3, 0.4) is 0 Å². The predicted molar refractivity (Wildman–Crippen MR) is 121 cm³/mol. The number of fused-ring (bicyclic) bond motifs is 1. The third kappa shape index (κ3) is 4.48. The van der Waals surface area contributed by atoms with E-state index in [9.17, 15) is 13.2 Å². The van der Waals surface area contributed by atoms with Gasteiger partial charge in [0.25, 0.3) is 0 Å². The molecule has 31 heavy (non-hydrogen) atoms. The summed E-state index contributed by atoms with van der Waals surface area (Å²) >= 11 is 0. The van der Waals surface area contributed by atoms with Crippen LogP contribution in [0.5, 0.6) is 0 Å². The molecule has 0 spiro atoms. The first-order chi connectivity index (χ1) is 14.9. The lowest BCUT2D eigenvalue weighted by Gasteiger charge is -2.34. The van der Waals surface area contributed by atoms with Gasteiger partial charge in [-0.2, -0.15) is 4.31 Å². The van der Waals surface area contributed by atoms with Crippen LogP contribution >= 0.6 is 0 Å². The summed E-state index contributed by atoms with van der Waals surface area (Å²) in [6, 6.07) is 17.1. The smallest absolute Gasteiger partial charge is 0.245 e. The van der Waals surface area contributed by atoms with Gasteiger partial charge in [-0.1, -0.05) is 49.4 Å². The molecule has 1 aliphatic rings. The van der Waals surface area contributed by atoms with Crippen LogP contribution in [0, 0.1) is 6.92 Å². The molecule has 7 heteroatoms. The summed E-state index contributed by atoms with van der Waals surface area (Å²) in [6.07, 6.45) is 2.11. The number of nitrogens with zero attached hydrogens (tertiary/aromatic N) is 3. The third-order valence-corrected chi connectivity index (χ3v) is 7.80. The average Bonchev–Trinajstić information content (AvgIpc) is 2.79. The lowest BCUT2D eigenvalue weighted by Crippen LogP contribution is -2.50. The fourth-order valence-corrected chi connectivity index (χ4v) is 5.65. The Bertz CT molecular complexity index is 1190. The first kappa shape index (κ1) is 21.5. The highest BCUT2D eigenvalue weighted by Crippen LogP contribution is 2.26. The van der Waals surface area contributed by atoms with Crippen molar-refractivity contribution < 1.29 is 13.2 Å². The molecule has 0 N–H and O–H groups in total. The summed E-state index contributed by atoms with van der Waals surface area (Å²) in [5.74, 6) is 0.191. The summed E-state index contributed by atoms with van der Waals surface area (Å²) in [7, 11) is -3.68. The number of carbonyl (C=O) groups is 1. The van der Waals surface area contributed by atoms with Crippen LogP contribution in [-0.4, -0.2) is 54.7 Å². The molecule has 1 unspecified atom stereocenters. The zero-order chi connectivity index (χ0) is 22.0. The first-order valence-electron chi connectivity index (χ1n) is 10.5. The second-order valence-corrected chi connectivity index (χ2v) is 10.0. The van der Waals surface area contributed by atoms with Crippen LogP contribution in [0.2, 0.25) is 0 Å². The van der Waals surface area contributed by atoms with Gasteiger partial charge in [-0.25, -0.2) is 8.42 Å². The lowest BCUT2D eigenvalue weighted by molar-refractivity contribution is -0.132. The highest BCUT2D eigenvalue weighted by Gasteiger charge is 2.31. The summed E-state index contributed by atoms with van der Waals surface area (Å²) < 4.78 is 28.1. The maximum atomic E-state index is 13.3. The molecule has 0 bridgehead atoms. The minimum absolute atomic E-state index is 0.0655. The monoisotopic (exact) mass is 437 g/mol. The zero-order valence-corrected chi connectivity index (χ0v) is 18.7. The number of hydrogen-bond acceptors (Lipinski definition) is 4. The Morgan fingerprint density at radius 1 is 1.03 bits per heavy atom. The molecule has 1 fully saturated rings. The average molecular weight is 438 g/mol. The molecule has 0 radical (unpaired) electrons. The molecule has 0 aliphatic carbocycles. The van der Waals surface area contributed by atoms with Gasteiger partial charge in [-0.15, -0.1) is 0 Å². The van der Waals surface area contributed by atoms with Crippen molar-refractivity contribution in [1.29, 1.82) is 0 Å². The molecule has 1 aliphatic heterocycles. The maximum Gasteiger partial charge on any atom is 0.245 e. The maximum absolute atomic E-state index is 13.3. The van der Waals surface area contributed by atoms with Crippen molar-refractivity contribution in [3.63, 3.8) is 0 Å². The summed E-state index contributed by atoms with van der Waals surface area (Å²) in [5, 5.41) is 0.810. The Morgan fingerprint density at radius 3 is 2.45 bits per heavy atom. The van der Waals surface area contributed by atoms with Crippen molar-refractivity contribution in [1.82, 2.24) is 14.2 Å². The van der Waals surface area contributed by atoms with Crippen molar-refractivity contribution in [2.75, 3.05) is 26.2 Å². The molecule has 1 saturated heterocycles. The molecule has 1 atom stereocenters. The second-order valence-electron chi connectivity index (χ2n) is 8.14. The fourth-order valence-electron chi connectivity index (χ4n) is 4.06. The van der Waals surface area contributed by atoms with E-state index in [0.29, 0.717) is 25.0 Å².